The Hall–Kier alpha value is -1.99. The first-order valence-electron chi connectivity index (χ1n) is 7.97. The fourth-order valence-corrected chi connectivity index (χ4v) is 4.07. The minimum Gasteiger partial charge on any atom is -0.468 e. The second-order valence-electron chi connectivity index (χ2n) is 5.93. The summed E-state index contributed by atoms with van der Waals surface area (Å²) < 4.78 is 25.5. The van der Waals surface area contributed by atoms with Gasteiger partial charge in [0, 0.05) is 12.8 Å². The highest BCUT2D eigenvalue weighted by molar-refractivity contribution is 7.12. The number of hydrogen-bond acceptors (Lipinski definition) is 5. The van der Waals surface area contributed by atoms with E-state index in [1.807, 2.05) is 17.5 Å². The standard InChI is InChI=1S/C17H17FN2O3S/c18-11-4-1-7-19-16(11)23-13-10-20(12-5-2-8-22-15(12)13)17(21)14-6-3-9-24-14/h1,3-4,6-7,9,12-13,15H,2,5,8,10H2/t12-,13+,15+/m1/s1. The molecular formula is C17H17FN2O3S. The van der Waals surface area contributed by atoms with Gasteiger partial charge in [-0.25, -0.2) is 9.37 Å². The molecule has 2 aliphatic rings. The molecule has 2 aromatic heterocycles. The maximum Gasteiger partial charge on any atom is 0.264 e. The molecule has 0 N–H and O–H groups in total. The van der Waals surface area contributed by atoms with Crippen LogP contribution in [-0.4, -0.2) is 47.2 Å². The molecule has 0 aromatic carbocycles. The average Bonchev–Trinajstić information content (AvgIpc) is 3.25. The van der Waals surface area contributed by atoms with Gasteiger partial charge in [0.05, 0.1) is 17.5 Å². The number of hydrogen-bond donors (Lipinski definition) is 0. The van der Waals surface area contributed by atoms with Gasteiger partial charge in [0.1, 0.15) is 12.2 Å². The number of halogens is 1. The van der Waals surface area contributed by atoms with Gasteiger partial charge in [-0.15, -0.1) is 11.3 Å². The number of aromatic nitrogens is 1. The Labute approximate surface area is 143 Å². The Bertz CT molecular complexity index is 724. The van der Waals surface area contributed by atoms with Gasteiger partial charge in [0.15, 0.2) is 5.82 Å². The number of ether oxygens (including phenoxy) is 2. The van der Waals surface area contributed by atoms with E-state index in [0.717, 1.165) is 12.8 Å². The molecule has 2 aliphatic heterocycles. The van der Waals surface area contributed by atoms with E-state index in [4.69, 9.17) is 9.47 Å². The van der Waals surface area contributed by atoms with Crippen molar-refractivity contribution >= 4 is 17.2 Å². The zero-order chi connectivity index (χ0) is 16.5. The fourth-order valence-electron chi connectivity index (χ4n) is 3.39. The molecule has 0 radical (unpaired) electrons. The summed E-state index contributed by atoms with van der Waals surface area (Å²) in [7, 11) is 0. The summed E-state index contributed by atoms with van der Waals surface area (Å²) in [6, 6.07) is 6.47. The van der Waals surface area contributed by atoms with E-state index in [-0.39, 0.29) is 23.9 Å². The zero-order valence-electron chi connectivity index (χ0n) is 12.9. The molecule has 126 valence electrons. The lowest BCUT2D eigenvalue weighted by molar-refractivity contribution is -0.0462. The van der Waals surface area contributed by atoms with E-state index in [1.165, 1.54) is 29.7 Å². The summed E-state index contributed by atoms with van der Waals surface area (Å²) in [5.41, 5.74) is 0. The summed E-state index contributed by atoms with van der Waals surface area (Å²) in [5, 5.41) is 1.88. The first-order valence-corrected chi connectivity index (χ1v) is 8.85. The largest absolute Gasteiger partial charge is 0.468 e. The molecule has 4 rings (SSSR count). The van der Waals surface area contributed by atoms with Gasteiger partial charge >= 0.3 is 0 Å². The molecule has 2 saturated heterocycles. The molecule has 0 bridgehead atoms. The summed E-state index contributed by atoms with van der Waals surface area (Å²) in [6.07, 6.45) is 2.60. The van der Waals surface area contributed by atoms with Crippen LogP contribution in [0.1, 0.15) is 22.5 Å². The van der Waals surface area contributed by atoms with E-state index < -0.39 is 11.9 Å². The number of carbonyl (C=O) groups is 1. The minimum atomic E-state index is -0.507. The van der Waals surface area contributed by atoms with Gasteiger partial charge in [-0.2, -0.15) is 0 Å². The Morgan fingerprint density at radius 1 is 1.42 bits per heavy atom. The smallest absolute Gasteiger partial charge is 0.264 e. The Balaban J connectivity index is 1.57. The van der Waals surface area contributed by atoms with Gasteiger partial charge < -0.3 is 14.4 Å². The zero-order valence-corrected chi connectivity index (χ0v) is 13.7. The first-order chi connectivity index (χ1) is 11.7. The van der Waals surface area contributed by atoms with Crippen LogP contribution in [0.5, 0.6) is 5.88 Å². The van der Waals surface area contributed by atoms with Crippen LogP contribution in [0.4, 0.5) is 4.39 Å². The van der Waals surface area contributed by atoms with Crippen LogP contribution in [0.2, 0.25) is 0 Å². The maximum atomic E-state index is 13.8. The lowest BCUT2D eigenvalue weighted by Gasteiger charge is -2.31. The van der Waals surface area contributed by atoms with Gasteiger partial charge in [0.25, 0.3) is 11.8 Å². The second-order valence-corrected chi connectivity index (χ2v) is 6.87. The van der Waals surface area contributed by atoms with Crippen molar-refractivity contribution in [1.82, 2.24) is 9.88 Å². The van der Waals surface area contributed by atoms with Crippen molar-refractivity contribution in [2.75, 3.05) is 13.2 Å². The van der Waals surface area contributed by atoms with Crippen molar-refractivity contribution in [3.8, 4) is 5.88 Å². The van der Waals surface area contributed by atoms with E-state index >= 15 is 0 Å². The molecule has 4 heterocycles. The van der Waals surface area contributed by atoms with Crippen molar-refractivity contribution in [1.29, 1.82) is 0 Å². The normalized spacial score (nSPS) is 26.2. The average molecular weight is 348 g/mol. The molecule has 2 fully saturated rings. The molecule has 5 nitrogen and oxygen atoms in total. The van der Waals surface area contributed by atoms with Crippen LogP contribution in [-0.2, 0) is 4.74 Å². The van der Waals surface area contributed by atoms with Gasteiger partial charge in [-0.1, -0.05) is 6.07 Å². The Morgan fingerprint density at radius 3 is 3.12 bits per heavy atom. The minimum absolute atomic E-state index is 0.0157. The summed E-state index contributed by atoms with van der Waals surface area (Å²) in [4.78, 5) is 19.2. The predicted octanol–water partition coefficient (Wildman–Crippen LogP) is 2.73. The molecule has 7 heteroatoms. The first kappa shape index (κ1) is 15.5. The number of nitrogens with zero attached hydrogens (tertiary/aromatic N) is 2. The Morgan fingerprint density at radius 2 is 2.33 bits per heavy atom. The summed E-state index contributed by atoms with van der Waals surface area (Å²) in [5.74, 6) is -0.563. The van der Waals surface area contributed by atoms with Crippen molar-refractivity contribution in [2.24, 2.45) is 0 Å². The fraction of sp³-hybridized carbons (Fsp3) is 0.412. The molecule has 0 unspecified atom stereocenters. The van der Waals surface area contributed by atoms with Crippen LogP contribution in [0.15, 0.2) is 35.8 Å². The predicted molar refractivity (Wildman–Crippen MR) is 86.7 cm³/mol. The van der Waals surface area contributed by atoms with E-state index in [2.05, 4.69) is 4.98 Å². The lowest BCUT2D eigenvalue weighted by Crippen LogP contribution is -2.44. The lowest BCUT2D eigenvalue weighted by atomic mass is 10.0. The van der Waals surface area contributed by atoms with E-state index in [1.54, 1.807) is 4.90 Å². The van der Waals surface area contributed by atoms with Crippen molar-refractivity contribution < 1.29 is 18.7 Å². The van der Waals surface area contributed by atoms with Crippen LogP contribution >= 0.6 is 11.3 Å². The molecule has 0 saturated carbocycles. The quantitative estimate of drug-likeness (QED) is 0.856. The van der Waals surface area contributed by atoms with Gasteiger partial charge in [-0.3, -0.25) is 4.79 Å². The van der Waals surface area contributed by atoms with Crippen molar-refractivity contribution in [2.45, 2.75) is 31.1 Å². The second kappa shape index (κ2) is 6.49. The number of carbonyl (C=O) groups excluding carboxylic acids is 1. The van der Waals surface area contributed by atoms with Gasteiger partial charge in [0.2, 0.25) is 0 Å². The number of fused-ring (bicyclic) bond motifs is 1. The van der Waals surface area contributed by atoms with Crippen molar-refractivity contribution in [3.63, 3.8) is 0 Å². The molecule has 0 aliphatic carbocycles. The number of thiophene rings is 1. The van der Waals surface area contributed by atoms with Crippen LogP contribution in [0.25, 0.3) is 0 Å². The van der Waals surface area contributed by atoms with Crippen LogP contribution in [0, 0.1) is 5.82 Å². The molecule has 2 aromatic rings. The highest BCUT2D eigenvalue weighted by Crippen LogP contribution is 2.33. The number of likely N-dealkylation sites (tertiary alicyclic amines) is 1. The molecule has 0 spiro atoms. The van der Waals surface area contributed by atoms with Crippen molar-refractivity contribution in [3.05, 3.63) is 46.5 Å². The summed E-state index contributed by atoms with van der Waals surface area (Å²) >= 11 is 1.42. The maximum absolute atomic E-state index is 13.8. The third kappa shape index (κ3) is 2.78. The molecule has 3 atom stereocenters. The van der Waals surface area contributed by atoms with Crippen LogP contribution in [0.3, 0.4) is 0 Å². The molecule has 1 amide bonds. The van der Waals surface area contributed by atoms with Gasteiger partial charge in [-0.05, 0) is 36.4 Å². The number of rotatable bonds is 3. The number of pyridine rings is 1. The van der Waals surface area contributed by atoms with Crippen LogP contribution < -0.4 is 4.74 Å². The monoisotopic (exact) mass is 348 g/mol. The third-order valence-electron chi connectivity index (χ3n) is 4.46. The Kier molecular flexibility index (Phi) is 4.20. The SMILES string of the molecule is O=C(c1cccs1)N1C[C@H](Oc2ncccc2F)[C@H]2OCCC[C@H]21. The summed E-state index contributed by atoms with van der Waals surface area (Å²) in [6.45, 7) is 1.01. The topological polar surface area (TPSA) is 51.7 Å². The highest BCUT2D eigenvalue weighted by atomic mass is 32.1. The highest BCUT2D eigenvalue weighted by Gasteiger charge is 2.48. The molecule has 24 heavy (non-hydrogen) atoms. The molecular weight excluding hydrogens is 331 g/mol. The van der Waals surface area contributed by atoms with E-state index in [9.17, 15) is 9.18 Å². The van der Waals surface area contributed by atoms with E-state index in [0.29, 0.717) is 18.0 Å². The number of amides is 1. The third-order valence-corrected chi connectivity index (χ3v) is 5.32.